The van der Waals surface area contributed by atoms with E-state index in [2.05, 4.69) is 40.6 Å². The van der Waals surface area contributed by atoms with Gasteiger partial charge in [-0.2, -0.15) is 5.10 Å². The number of ether oxygens (including phenoxy) is 5. The second-order valence-corrected chi connectivity index (χ2v) is 25.6. The molecule has 1 aliphatic rings. The van der Waals surface area contributed by atoms with Gasteiger partial charge in [0.05, 0.1) is 72.9 Å². The lowest BCUT2D eigenvalue weighted by atomic mass is 10.0. The first-order valence-corrected chi connectivity index (χ1v) is 33.3. The van der Waals surface area contributed by atoms with Crippen LogP contribution in [0.25, 0.3) is 33.1 Å². The number of imidazole rings is 1. The number of hydrogen-bond acceptors (Lipinski definition) is 17. The molecule has 1 fully saturated rings. The zero-order valence-corrected chi connectivity index (χ0v) is 56.2. The number of carbonyl (C=O) groups excluding carboxylic acids is 3. The van der Waals surface area contributed by atoms with Crippen molar-refractivity contribution in [1.29, 1.82) is 0 Å². The largest absolute Gasteiger partial charge is 0.493 e. The molecule has 502 valence electrons. The predicted molar refractivity (Wildman–Crippen MR) is 363 cm³/mol. The van der Waals surface area contributed by atoms with Gasteiger partial charge in [0, 0.05) is 138 Å². The fourth-order valence-corrected chi connectivity index (χ4v) is 12.4. The van der Waals surface area contributed by atoms with Crippen molar-refractivity contribution in [2.45, 2.75) is 90.6 Å². The van der Waals surface area contributed by atoms with E-state index in [4.69, 9.17) is 28.7 Å². The van der Waals surface area contributed by atoms with Crippen molar-refractivity contribution in [3.8, 4) is 45.6 Å². The fourth-order valence-electron chi connectivity index (χ4n) is 11.4. The van der Waals surface area contributed by atoms with Gasteiger partial charge in [0.2, 0.25) is 11.8 Å². The summed E-state index contributed by atoms with van der Waals surface area (Å²) in [5.41, 5.74) is 5.62. The number of sulfonamides is 1. The number of H-pyrrole nitrogens is 1. The summed E-state index contributed by atoms with van der Waals surface area (Å²) in [6.07, 6.45) is 7.43. The van der Waals surface area contributed by atoms with Crippen LogP contribution < -0.4 is 60.5 Å². The van der Waals surface area contributed by atoms with Crippen LogP contribution in [-0.4, -0.2) is 158 Å². The quantitative estimate of drug-likeness (QED) is 0.0251. The van der Waals surface area contributed by atoms with Crippen LogP contribution in [0.15, 0.2) is 106 Å². The Balaban J connectivity index is 0.666. The van der Waals surface area contributed by atoms with Crippen molar-refractivity contribution in [2.24, 2.45) is 14.1 Å². The SMILES string of the molecule is CCCOc1cc(OCCCCN(C)CC(=O)NCCCCC(=O)NCCN2CCN(c3ccc(-c4cc(C(=O)NCc5c(C)cc(C)[nH]c5=O)c5cnn(C(C)C)c5c4)cn3)CC2)cc(Oc2cc3c(cc2NS(=O)(=O)c2ccc(OC)c(OC)c2)n(C)c(=O)n3C)c1. The molecule has 0 bridgehead atoms. The van der Waals surface area contributed by atoms with Crippen molar-refractivity contribution in [1.82, 2.24) is 54.6 Å². The van der Waals surface area contributed by atoms with Gasteiger partial charge in [-0.25, -0.2) is 18.2 Å². The first kappa shape index (κ1) is 69.0. The third kappa shape index (κ3) is 17.2. The number of rotatable bonds is 32. The minimum Gasteiger partial charge on any atom is -0.493 e. The number of fused-ring (bicyclic) bond motifs is 2. The Kier molecular flexibility index (Phi) is 23.1. The molecular formula is C68H87N13O12S. The lowest BCUT2D eigenvalue weighted by Gasteiger charge is -2.35. The maximum atomic E-state index is 13.9. The van der Waals surface area contributed by atoms with Crippen LogP contribution in [0.4, 0.5) is 11.5 Å². The third-order valence-electron chi connectivity index (χ3n) is 16.5. The van der Waals surface area contributed by atoms with Crippen molar-refractivity contribution >= 4 is 61.2 Å². The summed E-state index contributed by atoms with van der Waals surface area (Å²) in [7, 11) is 3.76. The second-order valence-electron chi connectivity index (χ2n) is 23.9. The highest BCUT2D eigenvalue weighted by Gasteiger charge is 2.25. The zero-order valence-electron chi connectivity index (χ0n) is 55.4. The molecule has 0 spiro atoms. The molecule has 25 nitrogen and oxygen atoms in total. The van der Waals surface area contributed by atoms with Gasteiger partial charge in [0.25, 0.3) is 21.5 Å². The first-order valence-electron chi connectivity index (χ1n) is 31.8. The van der Waals surface area contributed by atoms with E-state index in [1.807, 2.05) is 87.8 Å². The zero-order chi connectivity index (χ0) is 67.2. The van der Waals surface area contributed by atoms with Crippen molar-refractivity contribution in [2.75, 3.05) is 103 Å². The highest BCUT2D eigenvalue weighted by Crippen LogP contribution is 2.39. The molecule has 0 radical (unpaired) electrons. The molecule has 5 N–H and O–H groups in total. The smallest absolute Gasteiger partial charge is 0.328 e. The lowest BCUT2D eigenvalue weighted by molar-refractivity contribution is -0.122. The molecule has 1 saturated heterocycles. The van der Waals surface area contributed by atoms with E-state index in [1.165, 1.54) is 41.6 Å². The molecule has 9 rings (SSSR count). The number of benzene rings is 4. The van der Waals surface area contributed by atoms with E-state index in [0.717, 1.165) is 84.7 Å². The summed E-state index contributed by atoms with van der Waals surface area (Å²) in [6, 6.07) is 22.4. The standard InChI is InChI=1S/C68H87N13O12S/c1-11-29-91-49-34-50(36-51(35-49)93-61-39-59-58(77(7)68(86)78(59)8)38-56(61)75-94(87,88)52-18-19-60(89-9)62(37-52)90-10)92-30-15-14-23-76(6)43-65(83)69-21-13-12-16-64(82)70-22-24-79-25-27-80(28-26-79)63-20-17-47(40-71-63)48-32-53(55-42-73-81(44(2)3)57(55)33-48)66(84)72-41-54-45(4)31-46(5)74-67(54)85/h17-20,31-40,42,44,75H,11-16,21-30,41,43H2,1-10H3,(H,69,83)(H,70,82)(H,72,84)(H,74,85). The minimum absolute atomic E-state index is 0.0138. The minimum atomic E-state index is -4.22. The van der Waals surface area contributed by atoms with Crippen LogP contribution in [0.3, 0.4) is 0 Å². The highest BCUT2D eigenvalue weighted by atomic mass is 32.2. The van der Waals surface area contributed by atoms with Crippen LogP contribution in [0.5, 0.6) is 34.5 Å². The summed E-state index contributed by atoms with van der Waals surface area (Å²) in [5, 5.41) is 14.3. The number of aromatic amines is 1. The molecule has 4 aromatic carbocycles. The second kappa shape index (κ2) is 31.5. The maximum absolute atomic E-state index is 13.9. The Morgan fingerprint density at radius 1 is 0.723 bits per heavy atom. The summed E-state index contributed by atoms with van der Waals surface area (Å²) in [6.45, 7) is 16.5. The number of amides is 3. The predicted octanol–water partition coefficient (Wildman–Crippen LogP) is 7.82. The van der Waals surface area contributed by atoms with Crippen LogP contribution in [-0.2, 0) is 40.3 Å². The average molecular weight is 1310 g/mol. The number of nitrogens with zero attached hydrogens (tertiary/aromatic N) is 8. The molecule has 26 heteroatoms. The van der Waals surface area contributed by atoms with Crippen LogP contribution in [0.1, 0.15) is 92.5 Å². The Morgan fingerprint density at radius 3 is 2.13 bits per heavy atom. The van der Waals surface area contributed by atoms with E-state index in [0.29, 0.717) is 104 Å². The van der Waals surface area contributed by atoms with Gasteiger partial charge in [0.15, 0.2) is 17.2 Å². The summed E-state index contributed by atoms with van der Waals surface area (Å²) in [4.78, 5) is 79.2. The fraction of sp³-hybridized carbons (Fsp3) is 0.426. The number of pyridine rings is 2. The number of methoxy groups -OCH3 is 2. The van der Waals surface area contributed by atoms with Crippen LogP contribution in [0.2, 0.25) is 0 Å². The number of hydrogen-bond donors (Lipinski definition) is 5. The topological polar surface area (TPSA) is 280 Å². The molecule has 5 heterocycles. The molecule has 94 heavy (non-hydrogen) atoms. The molecule has 3 amide bonds. The number of unbranched alkanes of at least 4 members (excludes halogenated alkanes) is 2. The summed E-state index contributed by atoms with van der Waals surface area (Å²) in [5.74, 6) is 2.42. The van der Waals surface area contributed by atoms with Crippen molar-refractivity contribution in [3.63, 3.8) is 0 Å². The van der Waals surface area contributed by atoms with E-state index >= 15 is 0 Å². The lowest BCUT2D eigenvalue weighted by Crippen LogP contribution is -2.48. The monoisotopic (exact) mass is 1310 g/mol. The highest BCUT2D eigenvalue weighted by molar-refractivity contribution is 7.92. The van der Waals surface area contributed by atoms with Gasteiger partial charge >= 0.3 is 5.69 Å². The molecule has 0 saturated carbocycles. The molecule has 0 aliphatic carbocycles. The Hall–Kier alpha value is -9.40. The number of nitrogens with one attached hydrogen (secondary N) is 5. The number of anilines is 2. The number of piperazine rings is 1. The Bertz CT molecular complexity index is 4230. The van der Waals surface area contributed by atoms with Gasteiger partial charge in [-0.3, -0.25) is 47.5 Å². The van der Waals surface area contributed by atoms with Crippen molar-refractivity contribution < 1.29 is 46.5 Å². The normalized spacial score (nSPS) is 12.8. The maximum Gasteiger partial charge on any atom is 0.328 e. The van der Waals surface area contributed by atoms with E-state index in [-0.39, 0.29) is 70.2 Å². The van der Waals surface area contributed by atoms with Gasteiger partial charge in [-0.1, -0.05) is 6.92 Å². The van der Waals surface area contributed by atoms with Gasteiger partial charge in [-0.15, -0.1) is 0 Å². The first-order chi connectivity index (χ1) is 45.1. The average Bonchev–Trinajstić information content (AvgIpc) is 1.56. The summed E-state index contributed by atoms with van der Waals surface area (Å²) >= 11 is 0. The molecular weight excluding hydrogens is 1220 g/mol. The van der Waals surface area contributed by atoms with E-state index in [1.54, 1.807) is 50.6 Å². The van der Waals surface area contributed by atoms with Gasteiger partial charge < -0.3 is 49.5 Å². The van der Waals surface area contributed by atoms with Gasteiger partial charge in [0.1, 0.15) is 23.1 Å². The number of carbonyl (C=O) groups is 3. The van der Waals surface area contributed by atoms with Crippen LogP contribution in [0, 0.1) is 13.8 Å². The molecule has 4 aromatic heterocycles. The Morgan fingerprint density at radius 2 is 1.44 bits per heavy atom. The van der Waals surface area contributed by atoms with Gasteiger partial charge in [-0.05, 0) is 133 Å². The van der Waals surface area contributed by atoms with E-state index < -0.39 is 10.0 Å². The Labute approximate surface area is 547 Å². The number of likely N-dealkylation sites (N-methyl/N-ethyl adjacent to an activating group) is 1. The van der Waals surface area contributed by atoms with E-state index in [9.17, 15) is 32.4 Å². The van der Waals surface area contributed by atoms with Crippen LogP contribution >= 0.6 is 0 Å². The number of aromatic nitrogens is 6. The summed E-state index contributed by atoms with van der Waals surface area (Å²) < 4.78 is 64.5. The third-order valence-corrected chi connectivity index (χ3v) is 17.9. The molecule has 0 atom stereocenters. The molecule has 1 aliphatic heterocycles. The molecule has 8 aromatic rings. The molecule has 0 unspecified atom stereocenters. The number of aryl methyl sites for hydroxylation is 4. The van der Waals surface area contributed by atoms with Crippen molar-refractivity contribution in [3.05, 3.63) is 134 Å².